The third-order valence-electron chi connectivity index (χ3n) is 6.66. The quantitative estimate of drug-likeness (QED) is 0.412. The molecule has 4 aromatic rings. The first-order valence-electron chi connectivity index (χ1n) is 12.0. The van der Waals surface area contributed by atoms with Crippen molar-refractivity contribution in [2.45, 2.75) is 25.6 Å². The molecule has 1 N–H and O–H groups in total. The molecule has 0 spiro atoms. The summed E-state index contributed by atoms with van der Waals surface area (Å²) >= 11 is 0. The zero-order valence-electron chi connectivity index (χ0n) is 21.0. The summed E-state index contributed by atoms with van der Waals surface area (Å²) < 4.78 is 12.5. The van der Waals surface area contributed by atoms with Crippen molar-refractivity contribution in [2.75, 3.05) is 19.1 Å². The minimum Gasteiger partial charge on any atom is -0.497 e. The van der Waals surface area contributed by atoms with E-state index in [1.54, 1.807) is 61.1 Å². The molecule has 0 saturated carbocycles. The van der Waals surface area contributed by atoms with Crippen LogP contribution < -0.4 is 19.7 Å². The van der Waals surface area contributed by atoms with E-state index in [-0.39, 0.29) is 24.9 Å². The Labute approximate surface area is 215 Å². The molecular formula is C29H28N4O4. The molecule has 1 aliphatic rings. The van der Waals surface area contributed by atoms with Crippen LogP contribution in [-0.4, -0.2) is 41.4 Å². The van der Waals surface area contributed by atoms with E-state index in [4.69, 9.17) is 14.6 Å². The molecular weight excluding hydrogens is 468 g/mol. The van der Waals surface area contributed by atoms with Gasteiger partial charge in [-0.05, 0) is 31.2 Å². The monoisotopic (exact) mass is 496 g/mol. The van der Waals surface area contributed by atoms with Crippen LogP contribution in [-0.2, 0) is 17.9 Å². The van der Waals surface area contributed by atoms with Gasteiger partial charge in [-0.25, -0.2) is 0 Å². The van der Waals surface area contributed by atoms with Gasteiger partial charge < -0.3 is 14.8 Å². The van der Waals surface area contributed by atoms with Gasteiger partial charge in [0.15, 0.2) is 0 Å². The molecule has 0 saturated heterocycles. The highest BCUT2D eigenvalue weighted by atomic mass is 16.5. The van der Waals surface area contributed by atoms with Gasteiger partial charge in [0, 0.05) is 29.4 Å². The first kappa shape index (κ1) is 24.1. The van der Waals surface area contributed by atoms with Crippen molar-refractivity contribution in [3.05, 3.63) is 96.2 Å². The Morgan fingerprint density at radius 2 is 1.73 bits per heavy atom. The van der Waals surface area contributed by atoms with Crippen LogP contribution in [0.15, 0.2) is 84.9 Å². The lowest BCUT2D eigenvalue weighted by Crippen LogP contribution is -2.64. The Bertz CT molecular complexity index is 1450. The normalized spacial score (nSPS) is 16.7. The lowest BCUT2D eigenvalue weighted by atomic mass is 9.93. The number of hydrogen-bond acceptors (Lipinski definition) is 5. The second kappa shape index (κ2) is 9.81. The van der Waals surface area contributed by atoms with Gasteiger partial charge in [0.2, 0.25) is 5.91 Å². The molecule has 0 aliphatic carbocycles. The number of benzene rings is 3. The SMILES string of the molecule is COc1cccc(N2C(=O)c3cc(-c4ccccc4)nn3C[C@@]2(C)C(=O)NCc2ccccc2OC)c1. The molecule has 0 fully saturated rings. The van der Waals surface area contributed by atoms with Gasteiger partial charge in [0.05, 0.1) is 26.5 Å². The van der Waals surface area contributed by atoms with E-state index < -0.39 is 5.54 Å². The van der Waals surface area contributed by atoms with Crippen LogP contribution in [0.4, 0.5) is 5.69 Å². The summed E-state index contributed by atoms with van der Waals surface area (Å²) in [6, 6.07) is 26.1. The van der Waals surface area contributed by atoms with Gasteiger partial charge >= 0.3 is 0 Å². The van der Waals surface area contributed by atoms with Crippen molar-refractivity contribution in [1.29, 1.82) is 0 Å². The van der Waals surface area contributed by atoms with Gasteiger partial charge in [-0.3, -0.25) is 19.2 Å². The molecule has 1 aliphatic heterocycles. The number of rotatable bonds is 7. The van der Waals surface area contributed by atoms with Crippen molar-refractivity contribution in [1.82, 2.24) is 15.1 Å². The number of nitrogens with zero attached hydrogens (tertiary/aromatic N) is 3. The highest BCUT2D eigenvalue weighted by Gasteiger charge is 2.49. The van der Waals surface area contributed by atoms with Crippen molar-refractivity contribution in [3.63, 3.8) is 0 Å². The van der Waals surface area contributed by atoms with Crippen LogP contribution in [0, 0.1) is 0 Å². The van der Waals surface area contributed by atoms with E-state index in [1.165, 1.54) is 0 Å². The number of anilines is 1. The smallest absolute Gasteiger partial charge is 0.277 e. The summed E-state index contributed by atoms with van der Waals surface area (Å²) in [6.07, 6.45) is 0. The molecule has 0 unspecified atom stereocenters. The van der Waals surface area contributed by atoms with Gasteiger partial charge in [0.25, 0.3) is 5.91 Å². The first-order valence-corrected chi connectivity index (χ1v) is 12.0. The third kappa shape index (κ3) is 4.42. The molecule has 2 amide bonds. The molecule has 188 valence electrons. The van der Waals surface area contributed by atoms with Gasteiger partial charge in [0.1, 0.15) is 22.7 Å². The number of para-hydroxylation sites is 1. The molecule has 1 atom stereocenters. The summed E-state index contributed by atoms with van der Waals surface area (Å²) in [7, 11) is 3.16. The fourth-order valence-corrected chi connectivity index (χ4v) is 4.70. The fraction of sp³-hybridized carbons (Fsp3) is 0.207. The molecule has 0 bridgehead atoms. The van der Waals surface area contributed by atoms with Gasteiger partial charge in [-0.15, -0.1) is 0 Å². The lowest BCUT2D eigenvalue weighted by Gasteiger charge is -2.43. The Hall–Kier alpha value is -4.59. The minimum absolute atomic E-state index is 0.176. The van der Waals surface area contributed by atoms with Gasteiger partial charge in [-0.2, -0.15) is 5.10 Å². The van der Waals surface area contributed by atoms with Crippen LogP contribution in [0.1, 0.15) is 23.0 Å². The van der Waals surface area contributed by atoms with Crippen LogP contribution >= 0.6 is 0 Å². The summed E-state index contributed by atoms with van der Waals surface area (Å²) in [6.45, 7) is 2.18. The van der Waals surface area contributed by atoms with Crippen molar-refractivity contribution in [3.8, 4) is 22.8 Å². The number of methoxy groups -OCH3 is 2. The second-order valence-electron chi connectivity index (χ2n) is 9.05. The molecule has 0 radical (unpaired) electrons. The number of ether oxygens (including phenoxy) is 2. The van der Waals surface area contributed by atoms with Crippen molar-refractivity contribution < 1.29 is 19.1 Å². The standard InChI is InChI=1S/C29H28N4O4/c1-29(28(35)30-18-21-12-7-8-15-26(21)37-3)19-32-25(17-24(31-32)20-10-5-4-6-11-20)27(34)33(29)22-13-9-14-23(16-22)36-2/h4-17H,18-19H2,1-3H3,(H,30,35)/t29-/m0/s1. The Morgan fingerprint density at radius 3 is 2.49 bits per heavy atom. The minimum atomic E-state index is -1.27. The number of amides is 2. The third-order valence-corrected chi connectivity index (χ3v) is 6.66. The first-order chi connectivity index (χ1) is 17.9. The van der Waals surface area contributed by atoms with E-state index in [9.17, 15) is 9.59 Å². The van der Waals surface area contributed by atoms with Crippen LogP contribution in [0.5, 0.6) is 11.5 Å². The van der Waals surface area contributed by atoms with E-state index in [0.717, 1.165) is 11.1 Å². The van der Waals surface area contributed by atoms with Crippen LogP contribution in [0.25, 0.3) is 11.3 Å². The van der Waals surface area contributed by atoms with Crippen molar-refractivity contribution in [2.24, 2.45) is 0 Å². The second-order valence-corrected chi connectivity index (χ2v) is 9.05. The average molecular weight is 497 g/mol. The number of fused-ring (bicyclic) bond motifs is 1. The predicted molar refractivity (Wildman–Crippen MR) is 141 cm³/mol. The Balaban J connectivity index is 1.55. The Kier molecular flexibility index (Phi) is 6.40. The van der Waals surface area contributed by atoms with E-state index in [0.29, 0.717) is 28.6 Å². The van der Waals surface area contributed by atoms with Crippen LogP contribution in [0.3, 0.4) is 0 Å². The summed E-state index contributed by atoms with van der Waals surface area (Å²) in [5, 5.41) is 7.72. The summed E-state index contributed by atoms with van der Waals surface area (Å²) in [5.74, 6) is 0.645. The fourth-order valence-electron chi connectivity index (χ4n) is 4.70. The average Bonchev–Trinajstić information content (AvgIpc) is 3.36. The number of carbonyl (C=O) groups excluding carboxylic acids is 2. The zero-order chi connectivity index (χ0) is 26.0. The Morgan fingerprint density at radius 1 is 0.973 bits per heavy atom. The van der Waals surface area contributed by atoms with E-state index in [1.807, 2.05) is 54.6 Å². The zero-order valence-corrected chi connectivity index (χ0v) is 21.0. The number of carbonyl (C=O) groups is 2. The summed E-state index contributed by atoms with van der Waals surface area (Å²) in [5.41, 5.74) is 2.12. The largest absolute Gasteiger partial charge is 0.497 e. The predicted octanol–water partition coefficient (Wildman–Crippen LogP) is 4.30. The molecule has 8 nitrogen and oxygen atoms in total. The topological polar surface area (TPSA) is 85.7 Å². The molecule has 37 heavy (non-hydrogen) atoms. The van der Waals surface area contributed by atoms with E-state index >= 15 is 0 Å². The number of hydrogen-bond donors (Lipinski definition) is 1. The number of aromatic nitrogens is 2. The number of nitrogens with one attached hydrogen (secondary N) is 1. The van der Waals surface area contributed by atoms with Crippen molar-refractivity contribution >= 4 is 17.5 Å². The lowest BCUT2D eigenvalue weighted by molar-refractivity contribution is -0.126. The summed E-state index contributed by atoms with van der Waals surface area (Å²) in [4.78, 5) is 29.4. The highest BCUT2D eigenvalue weighted by molar-refractivity contribution is 6.12. The van der Waals surface area contributed by atoms with Gasteiger partial charge in [-0.1, -0.05) is 54.6 Å². The maximum Gasteiger partial charge on any atom is 0.277 e. The maximum absolute atomic E-state index is 14.0. The molecule has 1 aromatic heterocycles. The molecule has 5 rings (SSSR count). The maximum atomic E-state index is 14.0. The molecule has 3 aromatic carbocycles. The van der Waals surface area contributed by atoms with E-state index in [2.05, 4.69) is 5.32 Å². The molecule has 2 heterocycles. The molecule has 8 heteroatoms. The highest BCUT2D eigenvalue weighted by Crippen LogP contribution is 2.35. The van der Waals surface area contributed by atoms with Crippen LogP contribution in [0.2, 0.25) is 0 Å².